The minimum Gasteiger partial charge on any atom is -0.480 e. The Morgan fingerprint density at radius 3 is 2.50 bits per heavy atom. The Labute approximate surface area is 139 Å². The molecule has 1 atom stereocenters. The highest BCUT2D eigenvalue weighted by Crippen LogP contribution is 2.19. The van der Waals surface area contributed by atoms with Crippen LogP contribution in [-0.2, 0) is 22.4 Å². The molecular weight excluding hydrogens is 304 g/mol. The zero-order chi connectivity index (χ0) is 16.9. The van der Waals surface area contributed by atoms with Gasteiger partial charge in [-0.1, -0.05) is 48.5 Å². The number of rotatable bonds is 6. The summed E-state index contributed by atoms with van der Waals surface area (Å²) in [5.74, 6) is -1.34. The Morgan fingerprint density at radius 1 is 1.04 bits per heavy atom. The summed E-state index contributed by atoms with van der Waals surface area (Å²) in [6.07, 6.45) is 2.20. The lowest BCUT2D eigenvalue weighted by Gasteiger charge is -2.14. The highest BCUT2D eigenvalue weighted by atomic mass is 16.4. The van der Waals surface area contributed by atoms with E-state index in [0.29, 0.717) is 0 Å². The van der Waals surface area contributed by atoms with Gasteiger partial charge in [0.2, 0.25) is 5.91 Å². The van der Waals surface area contributed by atoms with Crippen molar-refractivity contribution in [3.63, 3.8) is 0 Å². The first-order valence-corrected chi connectivity index (χ1v) is 7.74. The smallest absolute Gasteiger partial charge is 0.326 e. The van der Waals surface area contributed by atoms with Gasteiger partial charge in [-0.15, -0.1) is 0 Å². The molecular formula is C19H18N2O3. The van der Waals surface area contributed by atoms with Crippen LogP contribution in [0, 0.1) is 0 Å². The van der Waals surface area contributed by atoms with Crippen molar-refractivity contribution in [1.82, 2.24) is 10.3 Å². The molecule has 5 heteroatoms. The second kappa shape index (κ2) is 7.00. The number of hydrogen-bond donors (Lipinski definition) is 3. The first-order valence-electron chi connectivity index (χ1n) is 7.74. The van der Waals surface area contributed by atoms with E-state index in [1.165, 1.54) is 0 Å². The molecule has 0 spiro atoms. The Morgan fingerprint density at radius 2 is 1.75 bits per heavy atom. The maximum absolute atomic E-state index is 12.1. The molecule has 0 radical (unpaired) electrons. The third kappa shape index (κ3) is 3.63. The molecule has 0 aliphatic heterocycles. The summed E-state index contributed by atoms with van der Waals surface area (Å²) in [7, 11) is 0. The van der Waals surface area contributed by atoms with Gasteiger partial charge in [-0.05, 0) is 17.2 Å². The summed E-state index contributed by atoms with van der Waals surface area (Å²) in [6.45, 7) is 0. The SMILES string of the molecule is O=C(Cc1ccccc1)N[C@H](Cc1c[nH]c2ccccc12)C(=O)O. The molecule has 3 N–H and O–H groups in total. The van der Waals surface area contributed by atoms with E-state index >= 15 is 0 Å². The van der Waals surface area contributed by atoms with Crippen molar-refractivity contribution >= 4 is 22.8 Å². The van der Waals surface area contributed by atoms with Crippen LogP contribution in [0.2, 0.25) is 0 Å². The van der Waals surface area contributed by atoms with Crippen molar-refractivity contribution in [3.05, 3.63) is 71.9 Å². The summed E-state index contributed by atoms with van der Waals surface area (Å²) in [4.78, 5) is 26.8. The van der Waals surface area contributed by atoms with Gasteiger partial charge >= 0.3 is 5.97 Å². The van der Waals surface area contributed by atoms with E-state index in [1.54, 1.807) is 6.20 Å². The molecule has 0 aliphatic rings. The van der Waals surface area contributed by atoms with Crippen molar-refractivity contribution < 1.29 is 14.7 Å². The van der Waals surface area contributed by atoms with E-state index in [-0.39, 0.29) is 18.7 Å². The normalized spacial score (nSPS) is 12.0. The monoisotopic (exact) mass is 322 g/mol. The molecule has 0 unspecified atom stereocenters. The number of H-pyrrole nitrogens is 1. The Balaban J connectivity index is 1.71. The lowest BCUT2D eigenvalue weighted by molar-refractivity contribution is -0.141. The van der Waals surface area contributed by atoms with Gasteiger partial charge in [-0.25, -0.2) is 4.79 Å². The van der Waals surface area contributed by atoms with Crippen molar-refractivity contribution in [2.24, 2.45) is 0 Å². The number of carbonyl (C=O) groups is 2. The molecule has 122 valence electrons. The Hall–Kier alpha value is -3.08. The Kier molecular flexibility index (Phi) is 4.61. The first kappa shape index (κ1) is 15.8. The van der Waals surface area contributed by atoms with Crippen molar-refractivity contribution in [2.45, 2.75) is 18.9 Å². The number of benzene rings is 2. The zero-order valence-corrected chi connectivity index (χ0v) is 13.0. The minimum absolute atomic E-state index is 0.165. The molecule has 0 fully saturated rings. The molecule has 5 nitrogen and oxygen atoms in total. The van der Waals surface area contributed by atoms with Crippen LogP contribution in [0.4, 0.5) is 0 Å². The van der Waals surface area contributed by atoms with Gasteiger partial charge in [0.05, 0.1) is 6.42 Å². The first-order chi connectivity index (χ1) is 11.6. The lowest BCUT2D eigenvalue weighted by Crippen LogP contribution is -2.43. The summed E-state index contributed by atoms with van der Waals surface area (Å²) < 4.78 is 0. The molecule has 1 aromatic heterocycles. The average Bonchev–Trinajstić information content (AvgIpc) is 2.98. The summed E-state index contributed by atoms with van der Waals surface area (Å²) in [5, 5.41) is 13.0. The van der Waals surface area contributed by atoms with Crippen molar-refractivity contribution in [1.29, 1.82) is 0 Å². The number of hydrogen-bond acceptors (Lipinski definition) is 2. The fraction of sp³-hybridized carbons (Fsp3) is 0.158. The topological polar surface area (TPSA) is 82.2 Å². The van der Waals surface area contributed by atoms with E-state index in [1.807, 2.05) is 54.6 Å². The molecule has 0 saturated heterocycles. The highest BCUT2D eigenvalue weighted by Gasteiger charge is 2.21. The number of para-hydroxylation sites is 1. The largest absolute Gasteiger partial charge is 0.480 e. The van der Waals surface area contributed by atoms with Crippen LogP contribution in [0.1, 0.15) is 11.1 Å². The zero-order valence-electron chi connectivity index (χ0n) is 13.0. The number of carboxylic acid groups (broad SMARTS) is 1. The van der Waals surface area contributed by atoms with Crippen LogP contribution in [0.3, 0.4) is 0 Å². The highest BCUT2D eigenvalue weighted by molar-refractivity contribution is 5.87. The summed E-state index contributed by atoms with van der Waals surface area (Å²) in [5.41, 5.74) is 2.68. The molecule has 2 aromatic carbocycles. The predicted octanol–water partition coefficient (Wildman–Crippen LogP) is 2.52. The van der Waals surface area contributed by atoms with Gasteiger partial charge in [0.1, 0.15) is 6.04 Å². The van der Waals surface area contributed by atoms with Crippen molar-refractivity contribution in [3.8, 4) is 0 Å². The maximum atomic E-state index is 12.1. The molecule has 0 aliphatic carbocycles. The number of nitrogens with one attached hydrogen (secondary N) is 2. The van der Waals surface area contributed by atoms with E-state index in [4.69, 9.17) is 0 Å². The van der Waals surface area contributed by atoms with E-state index in [0.717, 1.165) is 22.0 Å². The van der Waals surface area contributed by atoms with Gasteiger partial charge in [-0.3, -0.25) is 4.79 Å². The number of carbonyl (C=O) groups excluding carboxylic acids is 1. The maximum Gasteiger partial charge on any atom is 0.326 e. The van der Waals surface area contributed by atoms with E-state index in [9.17, 15) is 14.7 Å². The average molecular weight is 322 g/mol. The quantitative estimate of drug-likeness (QED) is 0.652. The standard InChI is InChI=1S/C19H18N2O3/c22-18(10-13-6-2-1-3-7-13)21-17(19(23)24)11-14-12-20-16-9-5-4-8-15(14)16/h1-9,12,17,20H,10-11H2,(H,21,22)(H,23,24)/t17-/m1/s1. The molecule has 24 heavy (non-hydrogen) atoms. The third-order valence-corrected chi connectivity index (χ3v) is 3.94. The fourth-order valence-corrected chi connectivity index (χ4v) is 2.75. The second-order valence-corrected chi connectivity index (χ2v) is 5.68. The van der Waals surface area contributed by atoms with E-state index in [2.05, 4.69) is 10.3 Å². The van der Waals surface area contributed by atoms with Gasteiger partial charge in [0.15, 0.2) is 0 Å². The van der Waals surface area contributed by atoms with Crippen LogP contribution in [-0.4, -0.2) is 28.0 Å². The molecule has 1 amide bonds. The van der Waals surface area contributed by atoms with Crippen LogP contribution < -0.4 is 5.32 Å². The van der Waals surface area contributed by atoms with Crippen LogP contribution in [0.5, 0.6) is 0 Å². The lowest BCUT2D eigenvalue weighted by atomic mass is 10.0. The number of aromatic nitrogens is 1. The number of fused-ring (bicyclic) bond motifs is 1. The van der Waals surface area contributed by atoms with Gasteiger partial charge in [-0.2, -0.15) is 0 Å². The van der Waals surface area contributed by atoms with Crippen molar-refractivity contribution in [2.75, 3.05) is 0 Å². The number of amides is 1. The summed E-state index contributed by atoms with van der Waals surface area (Å²) >= 11 is 0. The molecule has 3 rings (SSSR count). The molecule has 0 saturated carbocycles. The fourth-order valence-electron chi connectivity index (χ4n) is 2.75. The Bertz CT molecular complexity index is 855. The van der Waals surface area contributed by atoms with Gasteiger partial charge in [0, 0.05) is 23.5 Å². The molecule has 3 aromatic rings. The third-order valence-electron chi connectivity index (χ3n) is 3.94. The molecule has 0 bridgehead atoms. The molecule has 1 heterocycles. The number of carboxylic acids is 1. The second-order valence-electron chi connectivity index (χ2n) is 5.68. The summed E-state index contributed by atoms with van der Waals surface area (Å²) in [6, 6.07) is 16.0. The number of aliphatic carboxylic acids is 1. The van der Waals surface area contributed by atoms with Gasteiger partial charge < -0.3 is 15.4 Å². The van der Waals surface area contributed by atoms with Crippen LogP contribution in [0.25, 0.3) is 10.9 Å². The van der Waals surface area contributed by atoms with Gasteiger partial charge in [0.25, 0.3) is 0 Å². The van der Waals surface area contributed by atoms with Crippen LogP contribution in [0.15, 0.2) is 60.8 Å². The van der Waals surface area contributed by atoms with E-state index < -0.39 is 12.0 Å². The predicted molar refractivity (Wildman–Crippen MR) is 91.7 cm³/mol. The number of aromatic amines is 1. The van der Waals surface area contributed by atoms with Crippen LogP contribution >= 0.6 is 0 Å². The minimum atomic E-state index is -1.04.